The predicted octanol–water partition coefficient (Wildman–Crippen LogP) is 2.22. The summed E-state index contributed by atoms with van der Waals surface area (Å²) in [5.41, 5.74) is 0.677. The fourth-order valence-corrected chi connectivity index (χ4v) is 5.19. The van der Waals surface area contributed by atoms with Crippen LogP contribution in [0.4, 0.5) is 0 Å². The highest BCUT2D eigenvalue weighted by atomic mass is 32.1. The van der Waals surface area contributed by atoms with Gasteiger partial charge in [-0.25, -0.2) is 0 Å². The number of piperidine rings is 1. The lowest BCUT2D eigenvalue weighted by Crippen LogP contribution is -2.68. The number of carbonyl (C=O) groups is 2. The third-order valence-electron chi connectivity index (χ3n) is 6.17. The highest BCUT2D eigenvalue weighted by Crippen LogP contribution is 2.38. The molecule has 25 heavy (non-hydrogen) atoms. The van der Waals surface area contributed by atoms with Gasteiger partial charge in [-0.1, -0.05) is 0 Å². The number of likely N-dealkylation sites (N-methyl/N-ethyl adjacent to an activating group) is 1. The first kappa shape index (κ1) is 17.0. The maximum atomic E-state index is 13.1. The summed E-state index contributed by atoms with van der Waals surface area (Å²) in [4.78, 5) is 33.0. The van der Waals surface area contributed by atoms with Crippen LogP contribution in [0.3, 0.4) is 0 Å². The van der Waals surface area contributed by atoms with E-state index in [-0.39, 0.29) is 17.4 Å². The van der Waals surface area contributed by atoms with Crippen LogP contribution in [0.5, 0.6) is 0 Å². The van der Waals surface area contributed by atoms with Gasteiger partial charge in [0.05, 0.1) is 4.88 Å². The van der Waals surface area contributed by atoms with Crippen molar-refractivity contribution < 1.29 is 9.59 Å². The van der Waals surface area contributed by atoms with Crippen molar-refractivity contribution in [2.24, 2.45) is 5.92 Å². The number of carbonyl (C=O) groups excluding carboxylic acids is 2. The van der Waals surface area contributed by atoms with Crippen LogP contribution in [-0.2, 0) is 4.79 Å². The summed E-state index contributed by atoms with van der Waals surface area (Å²) in [6.07, 6.45) is 4.13. The van der Waals surface area contributed by atoms with Gasteiger partial charge in [-0.05, 0) is 55.5 Å². The number of nitrogens with zero attached hydrogens (tertiary/aromatic N) is 3. The van der Waals surface area contributed by atoms with Gasteiger partial charge >= 0.3 is 0 Å². The molecule has 1 saturated carbocycles. The standard InChI is InChI=1S/C19H27N3O2S/c1-14-5-12-25-16(14)17(23)21-8-6-19(7-9-21)18(24)20(2)10-11-22(19)13-15-3-4-15/h5,12,15H,3-4,6-11,13H2,1-2H3. The Bertz CT molecular complexity index is 674. The van der Waals surface area contributed by atoms with Crippen molar-refractivity contribution in [2.45, 2.75) is 38.1 Å². The molecule has 0 atom stereocenters. The van der Waals surface area contributed by atoms with Crippen LogP contribution >= 0.6 is 11.3 Å². The Labute approximate surface area is 153 Å². The van der Waals surface area contributed by atoms with Crippen molar-refractivity contribution in [2.75, 3.05) is 39.8 Å². The average molecular weight is 362 g/mol. The number of hydrogen-bond donors (Lipinski definition) is 0. The molecule has 1 aromatic rings. The quantitative estimate of drug-likeness (QED) is 0.829. The number of hydrogen-bond acceptors (Lipinski definition) is 4. The van der Waals surface area contributed by atoms with Crippen molar-refractivity contribution in [1.29, 1.82) is 0 Å². The van der Waals surface area contributed by atoms with Gasteiger partial charge < -0.3 is 9.80 Å². The SMILES string of the molecule is Cc1ccsc1C(=O)N1CCC2(CC1)C(=O)N(C)CCN2CC1CC1. The topological polar surface area (TPSA) is 43.9 Å². The molecule has 3 aliphatic rings. The monoisotopic (exact) mass is 361 g/mol. The molecule has 4 rings (SSSR count). The molecule has 136 valence electrons. The van der Waals surface area contributed by atoms with Crippen LogP contribution < -0.4 is 0 Å². The van der Waals surface area contributed by atoms with E-state index in [1.807, 2.05) is 35.2 Å². The molecule has 3 fully saturated rings. The minimum absolute atomic E-state index is 0.132. The summed E-state index contributed by atoms with van der Waals surface area (Å²) in [6.45, 7) is 6.19. The molecule has 0 radical (unpaired) electrons. The molecular formula is C19H27N3O2S. The lowest BCUT2D eigenvalue weighted by atomic mass is 9.82. The third kappa shape index (κ3) is 2.99. The minimum atomic E-state index is -0.378. The van der Waals surface area contributed by atoms with Gasteiger partial charge in [-0.15, -0.1) is 11.3 Å². The highest BCUT2D eigenvalue weighted by molar-refractivity contribution is 7.12. The van der Waals surface area contributed by atoms with Crippen LogP contribution in [0.2, 0.25) is 0 Å². The summed E-state index contributed by atoms with van der Waals surface area (Å²) < 4.78 is 0. The Morgan fingerprint density at radius 3 is 2.56 bits per heavy atom. The molecule has 1 aromatic heterocycles. The molecule has 3 heterocycles. The van der Waals surface area contributed by atoms with Gasteiger partial charge in [0.25, 0.3) is 5.91 Å². The van der Waals surface area contributed by atoms with Gasteiger partial charge in [0.1, 0.15) is 5.54 Å². The minimum Gasteiger partial charge on any atom is -0.343 e. The highest BCUT2D eigenvalue weighted by Gasteiger charge is 2.51. The van der Waals surface area contributed by atoms with Crippen LogP contribution in [0.15, 0.2) is 11.4 Å². The van der Waals surface area contributed by atoms with Gasteiger partial charge in [0, 0.05) is 39.8 Å². The second-order valence-electron chi connectivity index (χ2n) is 7.87. The van der Waals surface area contributed by atoms with Crippen molar-refractivity contribution in [1.82, 2.24) is 14.7 Å². The third-order valence-corrected chi connectivity index (χ3v) is 7.17. The van der Waals surface area contributed by atoms with Gasteiger partial charge in [0.15, 0.2) is 0 Å². The van der Waals surface area contributed by atoms with E-state index in [1.54, 1.807) is 0 Å². The number of rotatable bonds is 3. The molecule has 2 aliphatic heterocycles. The van der Waals surface area contributed by atoms with Crippen LogP contribution in [0.1, 0.15) is 40.9 Å². The van der Waals surface area contributed by atoms with E-state index in [4.69, 9.17) is 0 Å². The fraction of sp³-hybridized carbons (Fsp3) is 0.684. The maximum Gasteiger partial charge on any atom is 0.264 e. The smallest absolute Gasteiger partial charge is 0.264 e. The van der Waals surface area contributed by atoms with Crippen molar-refractivity contribution in [3.63, 3.8) is 0 Å². The zero-order valence-electron chi connectivity index (χ0n) is 15.2. The summed E-state index contributed by atoms with van der Waals surface area (Å²) in [5, 5.41) is 1.98. The maximum absolute atomic E-state index is 13.1. The molecule has 0 aromatic carbocycles. The molecule has 0 N–H and O–H groups in total. The summed E-state index contributed by atoms with van der Waals surface area (Å²) in [7, 11) is 1.92. The van der Waals surface area contributed by atoms with Crippen molar-refractivity contribution in [3.8, 4) is 0 Å². The van der Waals surface area contributed by atoms with Crippen LogP contribution in [0.25, 0.3) is 0 Å². The lowest BCUT2D eigenvalue weighted by molar-refractivity contribution is -0.154. The molecule has 0 unspecified atom stereocenters. The number of likely N-dealkylation sites (tertiary alicyclic amines) is 1. The first-order valence-corrected chi connectivity index (χ1v) is 10.2. The van der Waals surface area contributed by atoms with Crippen LogP contribution in [0, 0.1) is 12.8 Å². The first-order chi connectivity index (χ1) is 12.0. The molecular weight excluding hydrogens is 334 g/mol. The normalized spacial score (nSPS) is 24.2. The first-order valence-electron chi connectivity index (χ1n) is 9.35. The predicted molar refractivity (Wildman–Crippen MR) is 98.9 cm³/mol. The van der Waals surface area contributed by atoms with E-state index in [2.05, 4.69) is 4.90 Å². The summed E-state index contributed by atoms with van der Waals surface area (Å²) in [5.74, 6) is 1.17. The van der Waals surface area contributed by atoms with E-state index >= 15 is 0 Å². The fourth-order valence-electron chi connectivity index (χ4n) is 4.30. The van der Waals surface area contributed by atoms with Gasteiger partial charge in [-0.2, -0.15) is 0 Å². The Kier molecular flexibility index (Phi) is 4.36. The Balaban J connectivity index is 1.50. The number of piperazine rings is 1. The molecule has 1 aliphatic carbocycles. The average Bonchev–Trinajstić information content (AvgIpc) is 3.34. The second kappa shape index (κ2) is 6.40. The summed E-state index contributed by atoms with van der Waals surface area (Å²) in [6, 6.07) is 2.00. The van der Waals surface area contributed by atoms with Gasteiger partial charge in [-0.3, -0.25) is 14.5 Å². The zero-order chi connectivity index (χ0) is 17.6. The molecule has 1 spiro atoms. The molecule has 5 nitrogen and oxygen atoms in total. The Hall–Kier alpha value is -1.40. The molecule has 2 saturated heterocycles. The van der Waals surface area contributed by atoms with E-state index in [9.17, 15) is 9.59 Å². The molecule has 0 bridgehead atoms. The van der Waals surface area contributed by atoms with Crippen molar-refractivity contribution >= 4 is 23.2 Å². The Morgan fingerprint density at radius 1 is 1.24 bits per heavy atom. The van der Waals surface area contributed by atoms with E-state index < -0.39 is 0 Å². The number of amides is 2. The summed E-state index contributed by atoms with van der Waals surface area (Å²) >= 11 is 1.52. The van der Waals surface area contributed by atoms with Crippen molar-refractivity contribution in [3.05, 3.63) is 21.9 Å². The largest absolute Gasteiger partial charge is 0.343 e. The van der Waals surface area contributed by atoms with E-state index in [0.29, 0.717) is 13.1 Å². The number of thiophene rings is 1. The lowest BCUT2D eigenvalue weighted by Gasteiger charge is -2.52. The van der Waals surface area contributed by atoms with E-state index in [1.165, 1.54) is 24.2 Å². The number of aryl methyl sites for hydroxylation is 1. The zero-order valence-corrected chi connectivity index (χ0v) is 16.0. The molecule has 2 amide bonds. The second-order valence-corrected chi connectivity index (χ2v) is 8.79. The van der Waals surface area contributed by atoms with Gasteiger partial charge in [0.2, 0.25) is 5.91 Å². The Morgan fingerprint density at radius 2 is 1.96 bits per heavy atom. The van der Waals surface area contributed by atoms with Crippen LogP contribution in [-0.4, -0.2) is 71.8 Å². The molecule has 6 heteroatoms. The van der Waals surface area contributed by atoms with E-state index in [0.717, 1.165) is 48.8 Å².